The van der Waals surface area contributed by atoms with E-state index < -0.39 is 11.6 Å². The van der Waals surface area contributed by atoms with Gasteiger partial charge in [-0.2, -0.15) is 0 Å². The molecule has 106 valence electrons. The lowest BCUT2D eigenvalue weighted by atomic mass is 10.1. The summed E-state index contributed by atoms with van der Waals surface area (Å²) < 4.78 is 38.6. The summed E-state index contributed by atoms with van der Waals surface area (Å²) >= 11 is 0. The van der Waals surface area contributed by atoms with Gasteiger partial charge in [0, 0.05) is 24.0 Å². The van der Waals surface area contributed by atoms with E-state index >= 15 is 0 Å². The van der Waals surface area contributed by atoms with Gasteiger partial charge in [0.1, 0.15) is 11.6 Å². The Kier molecular flexibility index (Phi) is 4.50. The van der Waals surface area contributed by atoms with Crippen molar-refractivity contribution in [2.45, 2.75) is 19.8 Å². The highest BCUT2D eigenvalue weighted by Crippen LogP contribution is 2.37. The summed E-state index contributed by atoms with van der Waals surface area (Å²) in [6.07, 6.45) is 4.01. The molecule has 0 radical (unpaired) electrons. The van der Waals surface area contributed by atoms with Gasteiger partial charge in [-0.15, -0.1) is 0 Å². The Bertz CT molecular complexity index is 588. The van der Waals surface area contributed by atoms with Crippen LogP contribution in [0.15, 0.2) is 30.6 Å². The van der Waals surface area contributed by atoms with E-state index in [0.717, 1.165) is 6.07 Å². The topological polar surface area (TPSA) is 31.4 Å². The highest BCUT2D eigenvalue weighted by molar-refractivity contribution is 5.47. The molecule has 1 aromatic carbocycles. The van der Waals surface area contributed by atoms with Crippen LogP contribution in [0.3, 0.4) is 0 Å². The number of benzene rings is 1. The third-order valence-electron chi connectivity index (χ3n) is 2.82. The van der Waals surface area contributed by atoms with Crippen molar-refractivity contribution < 1.29 is 18.3 Å². The minimum atomic E-state index is -0.710. The summed E-state index contributed by atoms with van der Waals surface area (Å²) in [5, 5.41) is 0. The van der Waals surface area contributed by atoms with Crippen LogP contribution in [0, 0.1) is 11.6 Å². The van der Waals surface area contributed by atoms with E-state index in [1.165, 1.54) is 19.5 Å². The van der Waals surface area contributed by atoms with Crippen molar-refractivity contribution in [3.63, 3.8) is 0 Å². The van der Waals surface area contributed by atoms with Gasteiger partial charge in [-0.05, 0) is 18.6 Å². The minimum Gasteiger partial charge on any atom is -0.490 e. The number of ether oxygens (including phenoxy) is 2. The highest BCUT2D eigenvalue weighted by Gasteiger charge is 2.20. The maximum Gasteiger partial charge on any atom is 0.197 e. The van der Waals surface area contributed by atoms with E-state index in [2.05, 4.69) is 4.98 Å². The zero-order valence-corrected chi connectivity index (χ0v) is 11.3. The summed E-state index contributed by atoms with van der Waals surface area (Å²) in [5.41, 5.74) is 0.0198. The molecule has 0 N–H and O–H groups in total. The number of hydrogen-bond acceptors (Lipinski definition) is 3. The first kappa shape index (κ1) is 14.2. The zero-order chi connectivity index (χ0) is 14.5. The number of pyridine rings is 1. The number of rotatable bonds is 5. The van der Waals surface area contributed by atoms with Crippen LogP contribution in [0.25, 0.3) is 0 Å². The fraction of sp³-hybridized carbons (Fsp3) is 0.267. The lowest BCUT2D eigenvalue weighted by Gasteiger charge is -2.14. The van der Waals surface area contributed by atoms with Gasteiger partial charge in [0.25, 0.3) is 0 Å². The van der Waals surface area contributed by atoms with E-state index in [4.69, 9.17) is 9.47 Å². The number of aromatic nitrogens is 1. The third-order valence-corrected chi connectivity index (χ3v) is 2.82. The maximum absolute atomic E-state index is 14.2. The molecular weight excluding hydrogens is 264 g/mol. The molecule has 0 saturated heterocycles. The van der Waals surface area contributed by atoms with Gasteiger partial charge < -0.3 is 9.47 Å². The maximum atomic E-state index is 14.2. The van der Waals surface area contributed by atoms with Crippen molar-refractivity contribution in [1.82, 2.24) is 4.98 Å². The molecule has 1 heterocycles. The molecule has 1 aromatic heterocycles. The summed E-state index contributed by atoms with van der Waals surface area (Å²) in [4.78, 5) is 3.84. The first-order valence-corrected chi connectivity index (χ1v) is 6.30. The van der Waals surface area contributed by atoms with E-state index in [1.54, 1.807) is 12.1 Å². The first-order valence-electron chi connectivity index (χ1n) is 6.30. The SMILES string of the molecule is CCCc1c(F)cc(Oc2ccncc2)c(OC)c1F. The smallest absolute Gasteiger partial charge is 0.197 e. The molecule has 5 heteroatoms. The molecule has 0 bridgehead atoms. The van der Waals surface area contributed by atoms with Gasteiger partial charge in [0.2, 0.25) is 0 Å². The monoisotopic (exact) mass is 279 g/mol. The van der Waals surface area contributed by atoms with E-state index in [0.29, 0.717) is 18.6 Å². The van der Waals surface area contributed by atoms with Gasteiger partial charge in [-0.25, -0.2) is 8.78 Å². The van der Waals surface area contributed by atoms with Crippen LogP contribution in [0.4, 0.5) is 8.78 Å². The quantitative estimate of drug-likeness (QED) is 0.825. The third kappa shape index (κ3) is 2.87. The molecule has 0 spiro atoms. The Balaban J connectivity index is 2.43. The summed E-state index contributed by atoms with van der Waals surface area (Å²) in [6, 6.07) is 4.33. The van der Waals surface area contributed by atoms with E-state index in [1.807, 2.05) is 6.92 Å². The lowest BCUT2D eigenvalue weighted by Crippen LogP contribution is -2.01. The molecule has 0 aliphatic carbocycles. The van der Waals surface area contributed by atoms with E-state index in [9.17, 15) is 8.78 Å². The Morgan fingerprint density at radius 3 is 2.50 bits per heavy atom. The Labute approximate surface area is 116 Å². The molecule has 0 amide bonds. The van der Waals surface area contributed by atoms with Gasteiger partial charge >= 0.3 is 0 Å². The number of nitrogens with zero attached hydrogens (tertiary/aromatic N) is 1. The molecule has 20 heavy (non-hydrogen) atoms. The number of methoxy groups -OCH3 is 1. The second kappa shape index (κ2) is 6.32. The minimum absolute atomic E-state index is 0.00792. The normalized spacial score (nSPS) is 10.4. The van der Waals surface area contributed by atoms with Crippen molar-refractivity contribution in [2.24, 2.45) is 0 Å². The molecule has 0 unspecified atom stereocenters. The first-order chi connectivity index (χ1) is 9.67. The molecule has 0 saturated carbocycles. The second-order valence-electron chi connectivity index (χ2n) is 4.22. The van der Waals surface area contributed by atoms with E-state index in [-0.39, 0.29) is 17.1 Å². The largest absolute Gasteiger partial charge is 0.490 e. The summed E-state index contributed by atoms with van der Waals surface area (Å²) in [7, 11) is 1.32. The van der Waals surface area contributed by atoms with Crippen LogP contribution in [-0.4, -0.2) is 12.1 Å². The molecule has 2 rings (SSSR count). The average molecular weight is 279 g/mol. The van der Waals surface area contributed by atoms with Gasteiger partial charge in [-0.1, -0.05) is 13.3 Å². The molecule has 0 aliphatic rings. The summed E-state index contributed by atoms with van der Waals surface area (Å²) in [6.45, 7) is 1.85. The zero-order valence-electron chi connectivity index (χ0n) is 11.3. The van der Waals surface area contributed by atoms with Crippen LogP contribution in [0.5, 0.6) is 17.2 Å². The van der Waals surface area contributed by atoms with Gasteiger partial charge in [-0.3, -0.25) is 4.98 Å². The van der Waals surface area contributed by atoms with Crippen LogP contribution < -0.4 is 9.47 Å². The predicted octanol–water partition coefficient (Wildman–Crippen LogP) is 4.11. The van der Waals surface area contributed by atoms with Crippen LogP contribution in [0.1, 0.15) is 18.9 Å². The molecule has 0 aliphatic heterocycles. The fourth-order valence-corrected chi connectivity index (χ4v) is 1.90. The van der Waals surface area contributed by atoms with Crippen LogP contribution in [0.2, 0.25) is 0 Å². The van der Waals surface area contributed by atoms with Crippen molar-refractivity contribution >= 4 is 0 Å². The number of hydrogen-bond donors (Lipinski definition) is 0. The Hall–Kier alpha value is -2.17. The second-order valence-corrected chi connectivity index (χ2v) is 4.22. The van der Waals surface area contributed by atoms with Crippen LogP contribution in [-0.2, 0) is 6.42 Å². The van der Waals surface area contributed by atoms with Crippen molar-refractivity contribution in [3.05, 3.63) is 47.8 Å². The van der Waals surface area contributed by atoms with Crippen molar-refractivity contribution in [3.8, 4) is 17.2 Å². The number of halogens is 2. The lowest BCUT2D eigenvalue weighted by molar-refractivity contribution is 0.349. The van der Waals surface area contributed by atoms with Crippen LogP contribution >= 0.6 is 0 Å². The van der Waals surface area contributed by atoms with Crippen molar-refractivity contribution in [1.29, 1.82) is 0 Å². The molecule has 3 nitrogen and oxygen atoms in total. The van der Waals surface area contributed by atoms with Gasteiger partial charge in [0.05, 0.1) is 7.11 Å². The molecular formula is C15H15F2NO2. The standard InChI is InChI=1S/C15H15F2NO2/c1-3-4-11-12(16)9-13(15(19-2)14(11)17)20-10-5-7-18-8-6-10/h5-9H,3-4H2,1-2H3. The fourth-order valence-electron chi connectivity index (χ4n) is 1.90. The molecule has 2 aromatic rings. The summed E-state index contributed by atoms with van der Waals surface area (Å²) in [5.74, 6) is -0.992. The average Bonchev–Trinajstić information content (AvgIpc) is 2.45. The molecule has 0 atom stereocenters. The Morgan fingerprint density at radius 1 is 1.20 bits per heavy atom. The highest BCUT2D eigenvalue weighted by atomic mass is 19.1. The Morgan fingerprint density at radius 2 is 1.90 bits per heavy atom. The van der Waals surface area contributed by atoms with Crippen molar-refractivity contribution in [2.75, 3.05) is 7.11 Å². The molecule has 0 fully saturated rings. The van der Waals surface area contributed by atoms with Gasteiger partial charge in [0.15, 0.2) is 17.3 Å². The predicted molar refractivity (Wildman–Crippen MR) is 71.2 cm³/mol.